The fraction of sp³-hybridized carbons (Fsp3) is 0.294. The minimum atomic E-state index is -0.323. The second-order valence-electron chi connectivity index (χ2n) is 5.15. The maximum absolute atomic E-state index is 12.5. The van der Waals surface area contributed by atoms with Gasteiger partial charge in [-0.15, -0.1) is 0 Å². The molecule has 0 saturated heterocycles. The predicted octanol–water partition coefficient (Wildman–Crippen LogP) is 2.60. The molecule has 0 atom stereocenters. The van der Waals surface area contributed by atoms with Crippen LogP contribution < -0.4 is 5.32 Å². The Labute approximate surface area is 135 Å². The summed E-state index contributed by atoms with van der Waals surface area (Å²) < 4.78 is 0. The molecule has 1 heterocycles. The molecular weight excluding hydrogens is 292 g/mol. The molecule has 1 N–H and O–H groups in total. The molecule has 2 amide bonds. The van der Waals surface area contributed by atoms with Gasteiger partial charge in [0.15, 0.2) is 11.5 Å². The first kappa shape index (κ1) is 16.6. The van der Waals surface area contributed by atoms with E-state index in [9.17, 15) is 9.59 Å². The van der Waals surface area contributed by atoms with Crippen LogP contribution in [0.2, 0.25) is 0 Å². The molecule has 23 heavy (non-hydrogen) atoms. The van der Waals surface area contributed by atoms with E-state index in [4.69, 9.17) is 0 Å². The third-order valence-electron chi connectivity index (χ3n) is 3.36. The van der Waals surface area contributed by atoms with Crippen LogP contribution in [0, 0.1) is 0 Å². The first-order valence-corrected chi connectivity index (χ1v) is 7.56. The number of unbranched alkanes of at least 4 members (excludes halogenated alkanes) is 1. The fourth-order valence-electron chi connectivity index (χ4n) is 2.03. The lowest BCUT2D eigenvalue weighted by Crippen LogP contribution is -2.30. The SMILES string of the molecule is CCCCN(C)C(=O)c1nccnc1NC(=O)c1ccccc1. The zero-order valence-corrected chi connectivity index (χ0v) is 13.3. The average Bonchev–Trinajstić information content (AvgIpc) is 2.60. The van der Waals surface area contributed by atoms with Gasteiger partial charge in [0, 0.05) is 31.5 Å². The van der Waals surface area contributed by atoms with E-state index in [1.165, 1.54) is 12.4 Å². The number of hydrogen-bond donors (Lipinski definition) is 1. The number of amides is 2. The van der Waals surface area contributed by atoms with Gasteiger partial charge in [0.1, 0.15) is 0 Å². The van der Waals surface area contributed by atoms with Gasteiger partial charge in [0.25, 0.3) is 11.8 Å². The number of carbonyl (C=O) groups excluding carboxylic acids is 2. The Bertz CT molecular complexity index is 673. The summed E-state index contributed by atoms with van der Waals surface area (Å²) in [6.07, 6.45) is 4.80. The number of aromatic nitrogens is 2. The van der Waals surface area contributed by atoms with E-state index in [1.54, 1.807) is 36.2 Å². The lowest BCUT2D eigenvalue weighted by atomic mass is 10.2. The van der Waals surface area contributed by atoms with E-state index in [2.05, 4.69) is 22.2 Å². The topological polar surface area (TPSA) is 75.2 Å². The van der Waals surface area contributed by atoms with Crippen LogP contribution in [-0.4, -0.2) is 40.3 Å². The van der Waals surface area contributed by atoms with E-state index in [-0.39, 0.29) is 23.3 Å². The lowest BCUT2D eigenvalue weighted by Gasteiger charge is -2.17. The van der Waals surface area contributed by atoms with Crippen LogP contribution in [0.1, 0.15) is 40.6 Å². The Kier molecular flexibility index (Phi) is 5.80. The van der Waals surface area contributed by atoms with Gasteiger partial charge in [-0.3, -0.25) is 9.59 Å². The average molecular weight is 312 g/mol. The molecule has 0 aliphatic rings. The summed E-state index contributed by atoms with van der Waals surface area (Å²) >= 11 is 0. The fourth-order valence-corrected chi connectivity index (χ4v) is 2.03. The Balaban J connectivity index is 2.17. The van der Waals surface area contributed by atoms with Crippen LogP contribution in [-0.2, 0) is 0 Å². The second kappa shape index (κ2) is 8.03. The van der Waals surface area contributed by atoms with Crippen molar-refractivity contribution < 1.29 is 9.59 Å². The molecule has 0 radical (unpaired) electrons. The number of anilines is 1. The molecular formula is C17H20N4O2. The van der Waals surface area contributed by atoms with Gasteiger partial charge in [-0.05, 0) is 18.6 Å². The molecule has 0 aliphatic carbocycles. The lowest BCUT2D eigenvalue weighted by molar-refractivity contribution is 0.0788. The monoisotopic (exact) mass is 312 g/mol. The third kappa shape index (κ3) is 4.35. The molecule has 0 saturated carbocycles. The summed E-state index contributed by atoms with van der Waals surface area (Å²) in [6.45, 7) is 2.70. The molecule has 6 nitrogen and oxygen atoms in total. The quantitative estimate of drug-likeness (QED) is 0.889. The van der Waals surface area contributed by atoms with Crippen LogP contribution in [0.4, 0.5) is 5.82 Å². The summed E-state index contributed by atoms with van der Waals surface area (Å²) in [5.74, 6) is -0.402. The smallest absolute Gasteiger partial charge is 0.276 e. The van der Waals surface area contributed by atoms with Gasteiger partial charge in [-0.1, -0.05) is 31.5 Å². The van der Waals surface area contributed by atoms with Crippen molar-refractivity contribution in [1.82, 2.24) is 14.9 Å². The molecule has 0 aliphatic heterocycles. The highest BCUT2D eigenvalue weighted by molar-refractivity contribution is 6.07. The van der Waals surface area contributed by atoms with Crippen molar-refractivity contribution in [2.75, 3.05) is 18.9 Å². The van der Waals surface area contributed by atoms with E-state index in [0.717, 1.165) is 12.8 Å². The highest BCUT2D eigenvalue weighted by Crippen LogP contribution is 2.13. The zero-order valence-electron chi connectivity index (χ0n) is 13.3. The van der Waals surface area contributed by atoms with Gasteiger partial charge in [-0.25, -0.2) is 9.97 Å². The number of rotatable bonds is 6. The summed E-state index contributed by atoms with van der Waals surface area (Å²) in [5.41, 5.74) is 0.645. The highest BCUT2D eigenvalue weighted by Gasteiger charge is 2.19. The summed E-state index contributed by atoms with van der Waals surface area (Å²) in [5, 5.41) is 2.66. The Morgan fingerprint density at radius 2 is 1.83 bits per heavy atom. The van der Waals surface area contributed by atoms with Crippen LogP contribution in [0.25, 0.3) is 0 Å². The number of nitrogens with zero attached hydrogens (tertiary/aromatic N) is 3. The second-order valence-corrected chi connectivity index (χ2v) is 5.15. The Morgan fingerprint density at radius 1 is 1.13 bits per heavy atom. The van der Waals surface area contributed by atoms with Crippen molar-refractivity contribution in [3.8, 4) is 0 Å². The van der Waals surface area contributed by atoms with Gasteiger partial charge in [-0.2, -0.15) is 0 Å². The molecule has 0 fully saturated rings. The van der Waals surface area contributed by atoms with Gasteiger partial charge < -0.3 is 10.2 Å². The molecule has 0 unspecified atom stereocenters. The van der Waals surface area contributed by atoms with E-state index >= 15 is 0 Å². The first-order valence-electron chi connectivity index (χ1n) is 7.56. The summed E-state index contributed by atoms with van der Waals surface area (Å²) in [7, 11) is 1.72. The van der Waals surface area contributed by atoms with E-state index in [0.29, 0.717) is 12.1 Å². The molecule has 0 bridgehead atoms. The number of nitrogens with one attached hydrogen (secondary N) is 1. The molecule has 1 aromatic heterocycles. The maximum Gasteiger partial charge on any atom is 0.276 e. The van der Waals surface area contributed by atoms with Crippen molar-refractivity contribution in [2.24, 2.45) is 0 Å². The standard InChI is InChI=1S/C17H20N4O2/c1-3-4-12-21(2)17(23)14-15(19-11-10-18-14)20-16(22)13-8-6-5-7-9-13/h5-11H,3-4,12H2,1-2H3,(H,19,20,22). The summed E-state index contributed by atoms with van der Waals surface area (Å²) in [4.78, 5) is 34.4. The van der Waals surface area contributed by atoms with E-state index in [1.807, 2.05) is 6.07 Å². The van der Waals surface area contributed by atoms with Crippen molar-refractivity contribution in [2.45, 2.75) is 19.8 Å². The van der Waals surface area contributed by atoms with Gasteiger partial charge in [0.2, 0.25) is 0 Å². The normalized spacial score (nSPS) is 10.2. The third-order valence-corrected chi connectivity index (χ3v) is 3.36. The van der Waals surface area contributed by atoms with Crippen molar-refractivity contribution >= 4 is 17.6 Å². The Morgan fingerprint density at radius 3 is 2.52 bits per heavy atom. The van der Waals surface area contributed by atoms with Crippen LogP contribution in [0.5, 0.6) is 0 Å². The number of carbonyl (C=O) groups is 2. The molecule has 6 heteroatoms. The molecule has 1 aromatic carbocycles. The maximum atomic E-state index is 12.5. The molecule has 120 valence electrons. The number of benzene rings is 1. The molecule has 0 spiro atoms. The zero-order chi connectivity index (χ0) is 16.7. The minimum Gasteiger partial charge on any atom is -0.340 e. The predicted molar refractivity (Wildman–Crippen MR) is 88.3 cm³/mol. The Hall–Kier alpha value is -2.76. The first-order chi connectivity index (χ1) is 11.1. The molecule has 2 rings (SSSR count). The summed E-state index contributed by atoms with van der Waals surface area (Å²) in [6, 6.07) is 8.77. The highest BCUT2D eigenvalue weighted by atomic mass is 16.2. The van der Waals surface area contributed by atoms with Crippen molar-refractivity contribution in [3.63, 3.8) is 0 Å². The van der Waals surface area contributed by atoms with Crippen LogP contribution in [0.3, 0.4) is 0 Å². The largest absolute Gasteiger partial charge is 0.340 e. The minimum absolute atomic E-state index is 0.149. The van der Waals surface area contributed by atoms with Gasteiger partial charge >= 0.3 is 0 Å². The van der Waals surface area contributed by atoms with Crippen LogP contribution >= 0.6 is 0 Å². The van der Waals surface area contributed by atoms with Crippen molar-refractivity contribution in [3.05, 3.63) is 54.0 Å². The number of hydrogen-bond acceptors (Lipinski definition) is 4. The van der Waals surface area contributed by atoms with Crippen LogP contribution in [0.15, 0.2) is 42.7 Å². The molecule has 2 aromatic rings. The van der Waals surface area contributed by atoms with E-state index < -0.39 is 0 Å². The van der Waals surface area contributed by atoms with Crippen molar-refractivity contribution in [1.29, 1.82) is 0 Å². The van der Waals surface area contributed by atoms with Gasteiger partial charge in [0.05, 0.1) is 0 Å².